The second-order valence-electron chi connectivity index (χ2n) is 2.55. The van der Waals surface area contributed by atoms with Crippen molar-refractivity contribution in [3.63, 3.8) is 0 Å². The van der Waals surface area contributed by atoms with Crippen LogP contribution in [0.4, 0.5) is 43.5 Å². The van der Waals surface area contributed by atoms with Gasteiger partial charge in [0.1, 0.15) is 0 Å². The molecule has 0 amide bonds. The molecule has 0 bridgehead atoms. The molecule has 0 heterocycles. The summed E-state index contributed by atoms with van der Waals surface area (Å²) < 4.78 is 129. The smallest absolute Gasteiger partial charge is 0.230 e. The minimum absolute atomic E-state index is 1.71. The second kappa shape index (κ2) is 4.30. The van der Waals surface area contributed by atoms with Gasteiger partial charge in [-0.05, 0) is 0 Å². The fraction of sp³-hybridized carbons (Fsp3) is 1.00. The standard InChI is InChI=1S/C4HF10O2P/c5-1(3(8,9)10)2(6,7)4(11,12)16-17(13,14)15/h1H. The highest BCUT2D eigenvalue weighted by molar-refractivity contribution is 7.47. The molecule has 0 aliphatic heterocycles. The van der Waals surface area contributed by atoms with Crippen LogP contribution < -0.4 is 0 Å². The van der Waals surface area contributed by atoms with Gasteiger partial charge in [0.2, 0.25) is 0 Å². The van der Waals surface area contributed by atoms with E-state index in [-0.39, 0.29) is 0 Å². The van der Waals surface area contributed by atoms with Crippen LogP contribution in [-0.2, 0) is 9.09 Å². The topological polar surface area (TPSA) is 26.3 Å². The van der Waals surface area contributed by atoms with Crippen LogP contribution in [0.5, 0.6) is 0 Å². The minimum Gasteiger partial charge on any atom is -0.230 e. The zero-order chi connectivity index (χ0) is 14.3. The molecule has 0 aromatic carbocycles. The quantitative estimate of drug-likeness (QED) is 0.575. The van der Waals surface area contributed by atoms with Crippen molar-refractivity contribution in [1.82, 2.24) is 0 Å². The highest BCUT2D eigenvalue weighted by Gasteiger charge is 2.72. The SMILES string of the molecule is O=P(F)(F)OC(F)(F)C(F)(F)C(F)C(F)(F)F. The van der Waals surface area contributed by atoms with Gasteiger partial charge in [-0.25, -0.2) is 13.5 Å². The fourth-order valence-electron chi connectivity index (χ4n) is 0.547. The summed E-state index contributed by atoms with van der Waals surface area (Å²) in [4.78, 5) is 0. The van der Waals surface area contributed by atoms with Gasteiger partial charge in [-0.15, -0.1) is 8.39 Å². The highest BCUT2D eigenvalue weighted by atomic mass is 31.2. The van der Waals surface area contributed by atoms with Crippen LogP contribution >= 0.6 is 7.99 Å². The average Bonchev–Trinajstić information content (AvgIpc) is 1.95. The summed E-state index contributed by atoms with van der Waals surface area (Å²) in [5.41, 5.74) is 0. The van der Waals surface area contributed by atoms with Crippen molar-refractivity contribution in [2.24, 2.45) is 0 Å². The molecule has 0 saturated heterocycles. The molecule has 0 rings (SSSR count). The Bertz CT molecular complexity index is 317. The molecule has 0 aliphatic rings. The van der Waals surface area contributed by atoms with Crippen molar-refractivity contribution in [1.29, 1.82) is 0 Å². The van der Waals surface area contributed by atoms with Crippen molar-refractivity contribution in [2.45, 2.75) is 24.4 Å². The molecule has 0 radical (unpaired) electrons. The average molecular weight is 302 g/mol. The molecule has 0 N–H and O–H groups in total. The molecule has 0 aromatic heterocycles. The lowest BCUT2D eigenvalue weighted by Crippen LogP contribution is -2.54. The Morgan fingerprint density at radius 1 is 0.941 bits per heavy atom. The summed E-state index contributed by atoms with van der Waals surface area (Å²) in [6.07, 6.45) is -18.5. The Hall–Kier alpha value is -0.510. The predicted molar refractivity (Wildman–Crippen MR) is 31.8 cm³/mol. The maximum absolute atomic E-state index is 12.2. The first-order valence-corrected chi connectivity index (χ1v) is 4.68. The molecule has 0 aliphatic carbocycles. The third kappa shape index (κ3) is 4.02. The summed E-state index contributed by atoms with van der Waals surface area (Å²) in [6, 6.07) is 0. The van der Waals surface area contributed by atoms with Gasteiger partial charge in [-0.2, -0.15) is 30.7 Å². The minimum atomic E-state index is -7.24. The van der Waals surface area contributed by atoms with Gasteiger partial charge >= 0.3 is 26.2 Å². The van der Waals surface area contributed by atoms with Crippen molar-refractivity contribution >= 4 is 7.99 Å². The predicted octanol–water partition coefficient (Wildman–Crippen LogP) is 4.18. The van der Waals surface area contributed by atoms with E-state index >= 15 is 0 Å². The van der Waals surface area contributed by atoms with Crippen molar-refractivity contribution in [3.8, 4) is 0 Å². The van der Waals surface area contributed by atoms with Crippen LogP contribution in [0.25, 0.3) is 0 Å². The lowest BCUT2D eigenvalue weighted by atomic mass is 10.2. The van der Waals surface area contributed by atoms with Crippen LogP contribution in [0, 0.1) is 0 Å². The molecule has 104 valence electrons. The van der Waals surface area contributed by atoms with Crippen LogP contribution in [0.15, 0.2) is 0 Å². The van der Waals surface area contributed by atoms with Crippen molar-refractivity contribution in [2.75, 3.05) is 0 Å². The molecule has 0 aromatic rings. The van der Waals surface area contributed by atoms with Crippen LogP contribution in [0.3, 0.4) is 0 Å². The zero-order valence-electron chi connectivity index (χ0n) is 7.12. The molecule has 13 heteroatoms. The van der Waals surface area contributed by atoms with Gasteiger partial charge in [0.25, 0.3) is 6.17 Å². The van der Waals surface area contributed by atoms with Gasteiger partial charge in [0, 0.05) is 0 Å². The largest absolute Gasteiger partial charge is 0.556 e. The molecule has 1 unspecified atom stereocenters. The Kier molecular flexibility index (Phi) is 4.17. The van der Waals surface area contributed by atoms with Crippen molar-refractivity contribution < 1.29 is 52.6 Å². The van der Waals surface area contributed by atoms with Crippen molar-refractivity contribution in [3.05, 3.63) is 0 Å². The molecule has 2 nitrogen and oxygen atoms in total. The summed E-state index contributed by atoms with van der Waals surface area (Å²) in [6.45, 7) is 0. The number of hydrogen-bond donors (Lipinski definition) is 0. The molecule has 1 atom stereocenters. The van der Waals surface area contributed by atoms with Gasteiger partial charge in [-0.3, -0.25) is 0 Å². The number of rotatable bonds is 4. The van der Waals surface area contributed by atoms with Gasteiger partial charge < -0.3 is 0 Å². The molecule has 0 fully saturated rings. The van der Waals surface area contributed by atoms with Crippen LogP contribution in [0.2, 0.25) is 0 Å². The Labute approximate surface area is 86.2 Å². The lowest BCUT2D eigenvalue weighted by Gasteiger charge is -2.28. The van der Waals surface area contributed by atoms with E-state index in [1.54, 1.807) is 4.52 Å². The maximum Gasteiger partial charge on any atom is 0.556 e. The third-order valence-corrected chi connectivity index (χ3v) is 1.66. The van der Waals surface area contributed by atoms with E-state index in [0.717, 1.165) is 0 Å². The van der Waals surface area contributed by atoms with Crippen LogP contribution in [0.1, 0.15) is 0 Å². The monoisotopic (exact) mass is 302 g/mol. The number of hydrogen-bond acceptors (Lipinski definition) is 2. The van der Waals surface area contributed by atoms with Gasteiger partial charge in [-0.1, -0.05) is 0 Å². The van der Waals surface area contributed by atoms with Gasteiger partial charge in [0.05, 0.1) is 0 Å². The van der Waals surface area contributed by atoms with E-state index in [9.17, 15) is 48.1 Å². The van der Waals surface area contributed by atoms with Gasteiger partial charge in [0.15, 0.2) is 0 Å². The van der Waals surface area contributed by atoms with Crippen LogP contribution in [-0.4, -0.2) is 24.4 Å². The number of halogens is 10. The molecule has 0 spiro atoms. The van der Waals surface area contributed by atoms with E-state index in [1.807, 2.05) is 0 Å². The summed E-state index contributed by atoms with van der Waals surface area (Å²) in [5.74, 6) is -6.65. The van der Waals surface area contributed by atoms with E-state index in [2.05, 4.69) is 0 Å². The van der Waals surface area contributed by atoms with E-state index in [0.29, 0.717) is 0 Å². The molecular formula is C4HF10O2P. The normalized spacial score (nSPS) is 17.1. The summed E-state index contributed by atoms with van der Waals surface area (Å²) >= 11 is 0. The zero-order valence-corrected chi connectivity index (χ0v) is 8.02. The lowest BCUT2D eigenvalue weighted by molar-refractivity contribution is -0.363. The molecular weight excluding hydrogens is 301 g/mol. The Morgan fingerprint density at radius 3 is 1.53 bits per heavy atom. The maximum atomic E-state index is 12.2. The number of alkyl halides is 8. The first-order valence-electron chi connectivity index (χ1n) is 3.28. The second-order valence-corrected chi connectivity index (χ2v) is 3.56. The fourth-order valence-corrected chi connectivity index (χ4v) is 0.936. The highest BCUT2D eigenvalue weighted by Crippen LogP contribution is 2.58. The Morgan fingerprint density at radius 2 is 1.29 bits per heavy atom. The molecule has 17 heavy (non-hydrogen) atoms. The van der Waals surface area contributed by atoms with E-state index in [4.69, 9.17) is 0 Å². The first-order chi connectivity index (χ1) is 7.11. The summed E-state index contributed by atoms with van der Waals surface area (Å²) in [5, 5.41) is 0. The first kappa shape index (κ1) is 16.5. The Balaban J connectivity index is 5.23. The summed E-state index contributed by atoms with van der Waals surface area (Å²) in [7, 11) is -7.24. The molecule has 0 saturated carbocycles. The van der Waals surface area contributed by atoms with E-state index < -0.39 is 32.4 Å². The van der Waals surface area contributed by atoms with E-state index in [1.165, 1.54) is 0 Å². The third-order valence-electron chi connectivity index (χ3n) is 1.21.